The molecule has 4 heterocycles. The van der Waals surface area contributed by atoms with Crippen molar-refractivity contribution < 1.29 is 40.3 Å². The number of rotatable bonds is 7. The van der Waals surface area contributed by atoms with E-state index < -0.39 is 46.7 Å². The molecule has 43 heavy (non-hydrogen) atoms. The number of anilines is 2. The van der Waals surface area contributed by atoms with Crippen LogP contribution in [0.15, 0.2) is 55.0 Å². The third kappa shape index (κ3) is 6.53. The van der Waals surface area contributed by atoms with Crippen LogP contribution in [0.5, 0.6) is 11.5 Å². The summed E-state index contributed by atoms with van der Waals surface area (Å²) in [6.45, 7) is 0.336. The highest BCUT2D eigenvalue weighted by atomic mass is 19.4. The van der Waals surface area contributed by atoms with Crippen LogP contribution >= 0.6 is 0 Å². The average Bonchev–Trinajstić information content (AvgIpc) is 3.39. The fraction of sp³-hybridized carbons (Fsp3) is 0.259. The number of carbonyl (C=O) groups is 1. The lowest BCUT2D eigenvalue weighted by atomic mass is 10.1. The first kappa shape index (κ1) is 29.8. The number of nitrogens with zero attached hydrogens (tertiary/aromatic N) is 5. The summed E-state index contributed by atoms with van der Waals surface area (Å²) in [6, 6.07) is 6.61. The van der Waals surface area contributed by atoms with Gasteiger partial charge in [-0.1, -0.05) is 0 Å². The van der Waals surface area contributed by atoms with Crippen molar-refractivity contribution >= 4 is 17.4 Å². The Hall–Kier alpha value is -4.73. The summed E-state index contributed by atoms with van der Waals surface area (Å²) >= 11 is 0. The summed E-state index contributed by atoms with van der Waals surface area (Å²) in [6.07, 6.45) is -2.80. The molecule has 0 atom stereocenters. The van der Waals surface area contributed by atoms with E-state index in [0.29, 0.717) is 11.8 Å². The van der Waals surface area contributed by atoms with E-state index in [0.717, 1.165) is 24.4 Å². The van der Waals surface area contributed by atoms with Crippen LogP contribution in [0.25, 0.3) is 5.82 Å². The summed E-state index contributed by atoms with van der Waals surface area (Å²) in [5.74, 6) is -7.03. The van der Waals surface area contributed by atoms with Gasteiger partial charge in [0.2, 0.25) is 0 Å². The van der Waals surface area contributed by atoms with E-state index in [1.54, 1.807) is 4.90 Å². The molecule has 1 saturated heterocycles. The van der Waals surface area contributed by atoms with Crippen LogP contribution in [-0.2, 0) is 12.7 Å². The monoisotopic (exact) mass is 609 g/mol. The van der Waals surface area contributed by atoms with Crippen molar-refractivity contribution in [3.8, 4) is 17.3 Å². The topological polar surface area (TPSA) is 111 Å². The summed E-state index contributed by atoms with van der Waals surface area (Å²) in [5, 5.41) is 5.67. The molecule has 3 N–H and O–H groups in total. The molecule has 0 radical (unpaired) electrons. The molecule has 0 unspecified atom stereocenters. The van der Waals surface area contributed by atoms with E-state index in [2.05, 4.69) is 20.4 Å². The Labute approximate surface area is 239 Å². The second-order valence-corrected chi connectivity index (χ2v) is 9.63. The zero-order valence-electron chi connectivity index (χ0n) is 22.0. The predicted molar refractivity (Wildman–Crippen MR) is 139 cm³/mol. The van der Waals surface area contributed by atoms with Gasteiger partial charge in [-0.15, -0.1) is 0 Å². The van der Waals surface area contributed by atoms with Crippen LogP contribution in [0.2, 0.25) is 0 Å². The number of amides is 1. The molecule has 1 fully saturated rings. The van der Waals surface area contributed by atoms with Crippen LogP contribution in [-0.4, -0.2) is 49.6 Å². The van der Waals surface area contributed by atoms with Gasteiger partial charge >= 0.3 is 6.18 Å². The number of hydrogen-bond donors (Lipinski definition) is 2. The standard InChI is InChI=1S/C27H22F7N7O2/c28-18-2-1-8-37-24(18)41-22(27(32,33)34)16(13-38-41)25(42)39-15-3-4-21(19(29)12-15)43-20-5-9-36-23(35)17(20)14-40-10-6-26(30,31)7-11-40/h1-5,8-9,12-13H,6-7,10-11,14H2,(H2,35,36)(H,39,42). The molecule has 9 nitrogen and oxygen atoms in total. The van der Waals surface area contributed by atoms with Crippen LogP contribution < -0.4 is 15.8 Å². The average molecular weight is 610 g/mol. The minimum Gasteiger partial charge on any atom is -0.454 e. The van der Waals surface area contributed by atoms with Crippen molar-refractivity contribution in [2.24, 2.45) is 0 Å². The van der Waals surface area contributed by atoms with Crippen molar-refractivity contribution in [2.45, 2.75) is 31.5 Å². The fourth-order valence-electron chi connectivity index (χ4n) is 4.47. The Bertz CT molecular complexity index is 1650. The minimum atomic E-state index is -5.13. The van der Waals surface area contributed by atoms with Crippen molar-refractivity contribution in [3.63, 3.8) is 0 Å². The number of hydrogen-bond acceptors (Lipinski definition) is 7. The number of piperidine rings is 1. The molecule has 0 bridgehead atoms. The lowest BCUT2D eigenvalue weighted by molar-refractivity contribution is -0.143. The maximum atomic E-state index is 15.0. The highest BCUT2D eigenvalue weighted by Gasteiger charge is 2.41. The van der Waals surface area contributed by atoms with Crippen LogP contribution in [0.1, 0.15) is 34.5 Å². The molecule has 1 amide bonds. The lowest BCUT2D eigenvalue weighted by Gasteiger charge is -2.32. The summed E-state index contributed by atoms with van der Waals surface area (Å²) in [7, 11) is 0. The fourth-order valence-corrected chi connectivity index (χ4v) is 4.47. The molecule has 1 aliphatic heterocycles. The second kappa shape index (κ2) is 11.5. The van der Waals surface area contributed by atoms with E-state index in [9.17, 15) is 31.1 Å². The second-order valence-electron chi connectivity index (χ2n) is 9.63. The molecule has 0 aliphatic carbocycles. The third-order valence-electron chi connectivity index (χ3n) is 6.65. The maximum Gasteiger partial charge on any atom is 0.434 e. The Kier molecular flexibility index (Phi) is 7.96. The zero-order chi connectivity index (χ0) is 30.9. The third-order valence-corrected chi connectivity index (χ3v) is 6.65. The van der Waals surface area contributed by atoms with Gasteiger partial charge in [0.1, 0.15) is 11.6 Å². The van der Waals surface area contributed by atoms with Gasteiger partial charge in [0.05, 0.1) is 17.3 Å². The number of benzene rings is 1. The summed E-state index contributed by atoms with van der Waals surface area (Å²) in [4.78, 5) is 22.1. The number of ether oxygens (including phenoxy) is 1. The molecule has 4 aromatic rings. The Morgan fingerprint density at radius 2 is 1.77 bits per heavy atom. The summed E-state index contributed by atoms with van der Waals surface area (Å²) < 4.78 is 104. The van der Waals surface area contributed by atoms with E-state index in [1.165, 1.54) is 24.4 Å². The first-order chi connectivity index (χ1) is 20.3. The molecule has 226 valence electrons. The van der Waals surface area contributed by atoms with E-state index in [-0.39, 0.29) is 60.2 Å². The van der Waals surface area contributed by atoms with E-state index in [1.807, 2.05) is 0 Å². The van der Waals surface area contributed by atoms with Gasteiger partial charge in [-0.2, -0.15) is 18.3 Å². The summed E-state index contributed by atoms with van der Waals surface area (Å²) in [5.41, 5.74) is 3.59. The van der Waals surface area contributed by atoms with Gasteiger partial charge < -0.3 is 15.8 Å². The molecule has 5 rings (SSSR count). The molecule has 0 saturated carbocycles. The molecule has 1 aliphatic rings. The van der Waals surface area contributed by atoms with Gasteiger partial charge in [-0.25, -0.2) is 32.2 Å². The van der Waals surface area contributed by atoms with Gasteiger partial charge in [-0.05, 0) is 30.3 Å². The Morgan fingerprint density at radius 1 is 1.02 bits per heavy atom. The van der Waals surface area contributed by atoms with Gasteiger partial charge in [0.15, 0.2) is 28.9 Å². The minimum absolute atomic E-state index is 0.0609. The SMILES string of the molecule is Nc1nccc(Oc2ccc(NC(=O)c3cnn(-c4ncccc4F)c3C(F)(F)F)cc2F)c1CN1CCC(F)(F)CC1. The number of likely N-dealkylation sites (tertiary alicyclic amines) is 1. The normalized spacial score (nSPS) is 15.3. The smallest absolute Gasteiger partial charge is 0.434 e. The van der Waals surface area contributed by atoms with Crippen molar-refractivity contribution in [2.75, 3.05) is 24.1 Å². The molecule has 0 spiro atoms. The number of nitrogens with two attached hydrogens (primary N) is 1. The van der Waals surface area contributed by atoms with Gasteiger partial charge in [0.25, 0.3) is 11.8 Å². The highest BCUT2D eigenvalue weighted by molar-refractivity contribution is 6.05. The van der Waals surface area contributed by atoms with E-state index in [4.69, 9.17) is 10.5 Å². The van der Waals surface area contributed by atoms with Gasteiger partial charge in [-0.3, -0.25) is 9.69 Å². The van der Waals surface area contributed by atoms with Crippen molar-refractivity contribution in [1.29, 1.82) is 0 Å². The first-order valence-electron chi connectivity index (χ1n) is 12.7. The zero-order valence-corrected chi connectivity index (χ0v) is 22.0. The molecule has 3 aromatic heterocycles. The van der Waals surface area contributed by atoms with Crippen molar-refractivity contribution in [1.82, 2.24) is 24.6 Å². The number of alkyl halides is 5. The molecular formula is C27H22F7N7O2. The number of halogens is 7. The van der Waals surface area contributed by atoms with Gasteiger partial charge in [0, 0.05) is 56.6 Å². The molecule has 16 heteroatoms. The van der Waals surface area contributed by atoms with Crippen LogP contribution in [0.4, 0.5) is 42.2 Å². The number of aromatic nitrogens is 4. The van der Waals surface area contributed by atoms with E-state index >= 15 is 4.39 Å². The van der Waals surface area contributed by atoms with Crippen LogP contribution in [0.3, 0.4) is 0 Å². The maximum absolute atomic E-state index is 15.0. The quantitative estimate of drug-likeness (QED) is 0.254. The van der Waals surface area contributed by atoms with Crippen molar-refractivity contribution in [3.05, 3.63) is 83.4 Å². The molecule has 1 aromatic carbocycles. The number of nitrogens with one attached hydrogen (secondary N) is 1. The number of pyridine rings is 2. The molecular weight excluding hydrogens is 587 g/mol. The lowest BCUT2D eigenvalue weighted by Crippen LogP contribution is -2.39. The Balaban J connectivity index is 1.34. The van der Waals surface area contributed by atoms with Crippen LogP contribution in [0, 0.1) is 11.6 Å². The number of carbonyl (C=O) groups excluding carboxylic acids is 1. The highest BCUT2D eigenvalue weighted by Crippen LogP contribution is 2.36. The Morgan fingerprint density at radius 3 is 2.44 bits per heavy atom. The predicted octanol–water partition coefficient (Wildman–Crippen LogP) is 5.82. The first-order valence-corrected chi connectivity index (χ1v) is 12.7. The largest absolute Gasteiger partial charge is 0.454 e. The number of nitrogen functional groups attached to an aromatic ring is 1.